The molecule has 0 unspecified atom stereocenters. The van der Waals surface area contributed by atoms with Crippen LogP contribution in [0.25, 0.3) is 21.9 Å². The highest BCUT2D eigenvalue weighted by atomic mass is 16.7. The van der Waals surface area contributed by atoms with Crippen LogP contribution in [0.15, 0.2) is 33.5 Å². The number of benzene rings is 2. The Kier molecular flexibility index (Phi) is 2.65. The van der Waals surface area contributed by atoms with Crippen LogP contribution in [0.4, 0.5) is 0 Å². The van der Waals surface area contributed by atoms with Crippen molar-refractivity contribution in [2.75, 3.05) is 13.7 Å². The lowest BCUT2D eigenvalue weighted by molar-refractivity contribution is -0.0337. The topological polar surface area (TPSA) is 78.1 Å². The smallest absolute Gasteiger partial charge is 0.208 e. The Morgan fingerprint density at radius 1 is 1.29 bits per heavy atom. The number of ether oxygens (including phenoxy) is 3. The molecule has 2 aliphatic heterocycles. The first-order valence-corrected chi connectivity index (χ1v) is 7.76. The van der Waals surface area contributed by atoms with Crippen LogP contribution in [0, 0.1) is 0 Å². The van der Waals surface area contributed by atoms with Gasteiger partial charge in [0.15, 0.2) is 0 Å². The first kappa shape index (κ1) is 13.7. The number of methoxy groups -OCH3 is 1. The molecule has 1 aromatic heterocycles. The fourth-order valence-corrected chi connectivity index (χ4v) is 3.71. The van der Waals surface area contributed by atoms with Crippen LogP contribution < -0.4 is 14.9 Å². The van der Waals surface area contributed by atoms with Gasteiger partial charge < -0.3 is 23.7 Å². The summed E-state index contributed by atoms with van der Waals surface area (Å²) in [6, 6.07) is 6.47. The van der Waals surface area contributed by atoms with E-state index in [1.54, 1.807) is 18.2 Å². The van der Waals surface area contributed by atoms with Crippen molar-refractivity contribution in [1.29, 1.82) is 0 Å². The van der Waals surface area contributed by atoms with Gasteiger partial charge in [-0.3, -0.25) is 4.79 Å². The Hall–Kier alpha value is -2.73. The highest BCUT2D eigenvalue weighted by Gasteiger charge is 2.42. The molecule has 24 heavy (non-hydrogen) atoms. The first-order valence-electron chi connectivity index (χ1n) is 7.76. The van der Waals surface area contributed by atoms with Gasteiger partial charge in [0.25, 0.3) is 0 Å². The molecule has 3 aromatic rings. The molecule has 2 aliphatic rings. The van der Waals surface area contributed by atoms with E-state index in [2.05, 4.69) is 0 Å². The fraction of sp³-hybridized carbons (Fsp3) is 0.278. The lowest BCUT2D eigenvalue weighted by atomic mass is 9.95. The largest absolute Gasteiger partial charge is 0.507 e. The van der Waals surface area contributed by atoms with Gasteiger partial charge >= 0.3 is 0 Å². The maximum atomic E-state index is 13.0. The summed E-state index contributed by atoms with van der Waals surface area (Å²) in [5.74, 6) is 0.912. The molecule has 1 N–H and O–H groups in total. The van der Waals surface area contributed by atoms with Gasteiger partial charge in [-0.2, -0.15) is 0 Å². The molecule has 6 heteroatoms. The molecule has 0 spiro atoms. The van der Waals surface area contributed by atoms with Crippen molar-refractivity contribution in [3.05, 3.63) is 40.1 Å². The zero-order valence-electron chi connectivity index (χ0n) is 12.9. The van der Waals surface area contributed by atoms with E-state index in [0.29, 0.717) is 34.7 Å². The van der Waals surface area contributed by atoms with E-state index in [0.717, 1.165) is 12.0 Å². The number of hydrogen-bond acceptors (Lipinski definition) is 6. The van der Waals surface area contributed by atoms with Gasteiger partial charge in [-0.15, -0.1) is 0 Å². The van der Waals surface area contributed by atoms with Crippen LogP contribution in [0.2, 0.25) is 0 Å². The van der Waals surface area contributed by atoms with E-state index < -0.39 is 0 Å². The monoisotopic (exact) mass is 326 g/mol. The molecule has 0 saturated carbocycles. The molecular formula is C18H14O6. The van der Waals surface area contributed by atoms with Gasteiger partial charge in [-0.05, 0) is 18.6 Å². The highest BCUT2D eigenvalue weighted by molar-refractivity contribution is 5.98. The zero-order valence-corrected chi connectivity index (χ0v) is 12.9. The minimum Gasteiger partial charge on any atom is -0.507 e. The lowest BCUT2D eigenvalue weighted by Gasteiger charge is -2.11. The molecule has 2 atom stereocenters. The van der Waals surface area contributed by atoms with Crippen LogP contribution in [-0.4, -0.2) is 25.1 Å². The Morgan fingerprint density at radius 3 is 3.00 bits per heavy atom. The molecular weight excluding hydrogens is 312 g/mol. The maximum Gasteiger partial charge on any atom is 0.208 e. The third-order valence-corrected chi connectivity index (χ3v) is 4.79. The molecule has 0 bridgehead atoms. The van der Waals surface area contributed by atoms with Crippen molar-refractivity contribution in [2.45, 2.75) is 18.6 Å². The molecule has 2 aromatic carbocycles. The molecule has 1 saturated heterocycles. The summed E-state index contributed by atoms with van der Waals surface area (Å²) in [6.45, 7) is 0.612. The van der Waals surface area contributed by atoms with Gasteiger partial charge in [0.1, 0.15) is 39.2 Å². The number of hydrogen-bond donors (Lipinski definition) is 1. The summed E-state index contributed by atoms with van der Waals surface area (Å²) in [6.07, 6.45) is 0.460. The first-order chi connectivity index (χ1) is 11.7. The van der Waals surface area contributed by atoms with Crippen molar-refractivity contribution in [1.82, 2.24) is 0 Å². The van der Waals surface area contributed by atoms with Crippen molar-refractivity contribution < 1.29 is 23.7 Å². The maximum absolute atomic E-state index is 13.0. The van der Waals surface area contributed by atoms with Crippen LogP contribution >= 0.6 is 0 Å². The summed E-state index contributed by atoms with van der Waals surface area (Å²) >= 11 is 0. The van der Waals surface area contributed by atoms with E-state index in [-0.39, 0.29) is 28.8 Å². The Labute approximate surface area is 136 Å². The normalized spacial score (nSPS) is 21.7. The quantitative estimate of drug-likeness (QED) is 0.693. The summed E-state index contributed by atoms with van der Waals surface area (Å²) in [7, 11) is 1.49. The summed E-state index contributed by atoms with van der Waals surface area (Å²) in [5, 5.41) is 10.5. The van der Waals surface area contributed by atoms with Crippen LogP contribution in [0.3, 0.4) is 0 Å². The lowest BCUT2D eigenvalue weighted by Crippen LogP contribution is -2.13. The predicted molar refractivity (Wildman–Crippen MR) is 85.9 cm³/mol. The second-order valence-electron chi connectivity index (χ2n) is 6.03. The third kappa shape index (κ3) is 1.61. The SMILES string of the molecule is COc1cc2c(c3oc4cccc(O)c4c(=O)c13)[C@@H]1CCO[C@H]1O2. The van der Waals surface area contributed by atoms with E-state index in [1.807, 2.05) is 0 Å². The molecule has 1 fully saturated rings. The average Bonchev–Trinajstić information content (AvgIpc) is 3.14. The Morgan fingerprint density at radius 2 is 2.17 bits per heavy atom. The predicted octanol–water partition coefficient (Wildman–Crippen LogP) is 2.88. The number of fused-ring (bicyclic) bond motifs is 6. The van der Waals surface area contributed by atoms with E-state index in [1.165, 1.54) is 13.2 Å². The Balaban J connectivity index is 1.98. The summed E-state index contributed by atoms with van der Waals surface area (Å²) in [4.78, 5) is 13.0. The van der Waals surface area contributed by atoms with Gasteiger partial charge in [-0.1, -0.05) is 6.07 Å². The minimum absolute atomic E-state index is 0.0336. The second-order valence-corrected chi connectivity index (χ2v) is 6.03. The third-order valence-electron chi connectivity index (χ3n) is 4.79. The van der Waals surface area contributed by atoms with Gasteiger partial charge in [-0.25, -0.2) is 0 Å². The Bertz CT molecular complexity index is 1050. The molecule has 0 amide bonds. The number of rotatable bonds is 1. The fourth-order valence-electron chi connectivity index (χ4n) is 3.71. The molecule has 0 aliphatic carbocycles. The van der Waals surface area contributed by atoms with Crippen LogP contribution in [0.1, 0.15) is 17.9 Å². The van der Waals surface area contributed by atoms with Crippen molar-refractivity contribution >= 4 is 21.9 Å². The molecule has 3 heterocycles. The standard InChI is InChI=1S/C18H14O6/c1-21-11-7-12-13(8-5-6-22-18(8)24-12)17-15(11)16(20)14-9(19)3-2-4-10(14)23-17/h2-4,7-8,18-19H,5-6H2,1H3/t8-,18-/m0/s1. The molecule has 122 valence electrons. The zero-order chi connectivity index (χ0) is 16.4. The second kappa shape index (κ2) is 4.64. The van der Waals surface area contributed by atoms with E-state index >= 15 is 0 Å². The average molecular weight is 326 g/mol. The molecule has 5 rings (SSSR count). The number of aromatic hydroxyl groups is 1. The van der Waals surface area contributed by atoms with Crippen molar-refractivity contribution in [3.8, 4) is 17.2 Å². The number of phenolic OH excluding ortho intramolecular Hbond substituents is 1. The van der Waals surface area contributed by atoms with Gasteiger partial charge in [0, 0.05) is 11.6 Å². The van der Waals surface area contributed by atoms with Gasteiger partial charge in [0.2, 0.25) is 11.7 Å². The highest BCUT2D eigenvalue weighted by Crippen LogP contribution is 2.49. The van der Waals surface area contributed by atoms with Crippen LogP contribution in [-0.2, 0) is 4.74 Å². The molecule has 0 radical (unpaired) electrons. The van der Waals surface area contributed by atoms with E-state index in [9.17, 15) is 9.90 Å². The van der Waals surface area contributed by atoms with Crippen LogP contribution in [0.5, 0.6) is 17.2 Å². The van der Waals surface area contributed by atoms with E-state index in [4.69, 9.17) is 18.6 Å². The van der Waals surface area contributed by atoms with Crippen molar-refractivity contribution in [3.63, 3.8) is 0 Å². The minimum atomic E-state index is -0.347. The number of phenols is 1. The molecule has 6 nitrogen and oxygen atoms in total. The summed E-state index contributed by atoms with van der Waals surface area (Å²) < 4.78 is 22.8. The van der Waals surface area contributed by atoms with Gasteiger partial charge in [0.05, 0.1) is 19.6 Å². The van der Waals surface area contributed by atoms with Crippen molar-refractivity contribution in [2.24, 2.45) is 0 Å². The summed E-state index contributed by atoms with van der Waals surface area (Å²) in [5.41, 5.74) is 1.32.